The van der Waals surface area contributed by atoms with Crippen LogP contribution in [-0.2, 0) is 14.3 Å². The molecule has 8 heteroatoms. The SMILES string of the molecule is CCC(C)N(CC(=O)NCC(F)(F)F)CC(=O)OC(C)(C)C. The van der Waals surface area contributed by atoms with Crippen molar-refractivity contribution in [2.24, 2.45) is 0 Å². The van der Waals surface area contributed by atoms with Crippen LogP contribution in [0, 0.1) is 0 Å². The molecule has 1 unspecified atom stereocenters. The van der Waals surface area contributed by atoms with Gasteiger partial charge in [-0.2, -0.15) is 13.2 Å². The Labute approximate surface area is 129 Å². The maximum atomic E-state index is 12.1. The lowest BCUT2D eigenvalue weighted by Gasteiger charge is -2.28. The van der Waals surface area contributed by atoms with Crippen LogP contribution in [0.1, 0.15) is 41.0 Å². The van der Waals surface area contributed by atoms with E-state index in [1.807, 2.05) is 6.92 Å². The molecule has 1 N–H and O–H groups in total. The van der Waals surface area contributed by atoms with Gasteiger partial charge in [-0.05, 0) is 34.1 Å². The fourth-order valence-corrected chi connectivity index (χ4v) is 1.60. The van der Waals surface area contributed by atoms with Crippen molar-refractivity contribution in [1.82, 2.24) is 10.2 Å². The van der Waals surface area contributed by atoms with E-state index in [1.54, 1.807) is 33.0 Å². The number of rotatable bonds is 7. The Kier molecular flexibility index (Phi) is 7.86. The van der Waals surface area contributed by atoms with Crippen molar-refractivity contribution in [1.29, 1.82) is 0 Å². The Morgan fingerprint density at radius 2 is 1.73 bits per heavy atom. The minimum absolute atomic E-state index is 0.135. The molecule has 0 aromatic carbocycles. The van der Waals surface area contributed by atoms with Crippen LogP contribution in [0.3, 0.4) is 0 Å². The van der Waals surface area contributed by atoms with Crippen molar-refractivity contribution >= 4 is 11.9 Å². The van der Waals surface area contributed by atoms with E-state index in [4.69, 9.17) is 4.74 Å². The van der Waals surface area contributed by atoms with Crippen LogP contribution in [0.15, 0.2) is 0 Å². The third-order valence-corrected chi connectivity index (χ3v) is 2.80. The molecule has 0 rings (SSSR count). The van der Waals surface area contributed by atoms with Crippen molar-refractivity contribution in [2.75, 3.05) is 19.6 Å². The first-order valence-corrected chi connectivity index (χ1v) is 7.13. The van der Waals surface area contributed by atoms with Gasteiger partial charge in [0.25, 0.3) is 0 Å². The molecule has 0 heterocycles. The molecule has 0 aliphatic rings. The monoisotopic (exact) mass is 326 g/mol. The molecule has 0 saturated carbocycles. The lowest BCUT2D eigenvalue weighted by Crippen LogP contribution is -2.46. The van der Waals surface area contributed by atoms with Gasteiger partial charge in [0.1, 0.15) is 12.1 Å². The van der Waals surface area contributed by atoms with E-state index in [0.717, 1.165) is 0 Å². The summed E-state index contributed by atoms with van der Waals surface area (Å²) < 4.78 is 41.4. The molecule has 1 amide bonds. The number of ether oxygens (including phenoxy) is 1. The third kappa shape index (κ3) is 10.4. The van der Waals surface area contributed by atoms with E-state index >= 15 is 0 Å². The first-order valence-electron chi connectivity index (χ1n) is 7.13. The Hall–Kier alpha value is -1.31. The van der Waals surface area contributed by atoms with Crippen LogP contribution in [0.5, 0.6) is 0 Å². The zero-order chi connectivity index (χ0) is 17.6. The van der Waals surface area contributed by atoms with Gasteiger partial charge in [0.2, 0.25) is 5.91 Å². The third-order valence-electron chi connectivity index (χ3n) is 2.80. The topological polar surface area (TPSA) is 58.6 Å². The highest BCUT2D eigenvalue weighted by Gasteiger charge is 2.29. The number of carbonyl (C=O) groups excluding carboxylic acids is 2. The molecule has 0 fully saturated rings. The molecule has 0 aliphatic carbocycles. The highest BCUT2D eigenvalue weighted by Crippen LogP contribution is 2.12. The summed E-state index contributed by atoms with van der Waals surface area (Å²) in [5, 5.41) is 1.80. The number of nitrogens with one attached hydrogen (secondary N) is 1. The molecule has 0 saturated heterocycles. The van der Waals surface area contributed by atoms with Gasteiger partial charge in [-0.15, -0.1) is 0 Å². The van der Waals surface area contributed by atoms with Gasteiger partial charge >= 0.3 is 12.1 Å². The second-order valence-electron chi connectivity index (χ2n) is 6.14. The van der Waals surface area contributed by atoms with Crippen molar-refractivity contribution in [2.45, 2.75) is 58.9 Å². The second kappa shape index (κ2) is 8.36. The number of nitrogens with zero attached hydrogens (tertiary/aromatic N) is 1. The van der Waals surface area contributed by atoms with Crippen LogP contribution in [0.4, 0.5) is 13.2 Å². The standard InChI is InChI=1S/C14H25F3N2O3/c1-6-10(2)19(8-12(21)22-13(3,4)5)7-11(20)18-9-14(15,16)17/h10H,6-9H2,1-5H3,(H,18,20). The van der Waals surface area contributed by atoms with Crippen molar-refractivity contribution < 1.29 is 27.5 Å². The van der Waals surface area contributed by atoms with E-state index in [9.17, 15) is 22.8 Å². The molecule has 0 aliphatic heterocycles. The number of esters is 1. The summed E-state index contributed by atoms with van der Waals surface area (Å²) in [6, 6.07) is -0.135. The van der Waals surface area contributed by atoms with Crippen molar-refractivity contribution in [3.05, 3.63) is 0 Å². The number of hydrogen-bond acceptors (Lipinski definition) is 4. The van der Waals surface area contributed by atoms with Gasteiger partial charge in [-0.1, -0.05) is 6.92 Å². The molecule has 22 heavy (non-hydrogen) atoms. The summed E-state index contributed by atoms with van der Waals surface area (Å²) in [4.78, 5) is 24.9. The van der Waals surface area contributed by atoms with E-state index in [1.165, 1.54) is 4.90 Å². The lowest BCUT2D eigenvalue weighted by atomic mass is 10.2. The quantitative estimate of drug-likeness (QED) is 0.728. The summed E-state index contributed by atoms with van der Waals surface area (Å²) in [5.74, 6) is -1.29. The van der Waals surface area contributed by atoms with E-state index in [-0.39, 0.29) is 19.1 Å². The van der Waals surface area contributed by atoms with Gasteiger partial charge in [0.15, 0.2) is 0 Å². The van der Waals surface area contributed by atoms with Crippen LogP contribution in [-0.4, -0.2) is 54.2 Å². The second-order valence-corrected chi connectivity index (χ2v) is 6.14. The van der Waals surface area contributed by atoms with E-state index in [2.05, 4.69) is 0 Å². The highest BCUT2D eigenvalue weighted by molar-refractivity contribution is 5.79. The van der Waals surface area contributed by atoms with Crippen molar-refractivity contribution in [3.63, 3.8) is 0 Å². The largest absolute Gasteiger partial charge is 0.459 e. The molecular formula is C14H25F3N2O3. The molecule has 5 nitrogen and oxygen atoms in total. The van der Waals surface area contributed by atoms with Crippen molar-refractivity contribution in [3.8, 4) is 0 Å². The molecule has 1 atom stereocenters. The van der Waals surface area contributed by atoms with Crippen LogP contribution in [0.2, 0.25) is 0 Å². The van der Waals surface area contributed by atoms with Gasteiger partial charge in [0, 0.05) is 6.04 Å². The number of amides is 1. The Bertz CT molecular complexity index is 379. The van der Waals surface area contributed by atoms with Crippen LogP contribution < -0.4 is 5.32 Å². The molecular weight excluding hydrogens is 301 g/mol. The van der Waals surface area contributed by atoms with Crippen LogP contribution in [0.25, 0.3) is 0 Å². The fourth-order valence-electron chi connectivity index (χ4n) is 1.60. The Morgan fingerprint density at radius 1 is 1.18 bits per heavy atom. The predicted molar refractivity (Wildman–Crippen MR) is 76.2 cm³/mol. The van der Waals surface area contributed by atoms with Gasteiger partial charge in [-0.25, -0.2) is 0 Å². The summed E-state index contributed by atoms with van der Waals surface area (Å²) in [6.07, 6.45) is -3.81. The average molecular weight is 326 g/mol. The van der Waals surface area contributed by atoms with E-state index < -0.39 is 30.2 Å². The normalized spacial score (nSPS) is 13.9. The maximum Gasteiger partial charge on any atom is 0.405 e. The first kappa shape index (κ1) is 20.7. The minimum atomic E-state index is -4.46. The number of hydrogen-bond donors (Lipinski definition) is 1. The van der Waals surface area contributed by atoms with Crippen LogP contribution >= 0.6 is 0 Å². The summed E-state index contributed by atoms with van der Waals surface area (Å²) >= 11 is 0. The number of alkyl halides is 3. The van der Waals surface area contributed by atoms with Gasteiger partial charge in [-0.3, -0.25) is 14.5 Å². The summed E-state index contributed by atoms with van der Waals surface area (Å²) in [6.45, 7) is 6.99. The smallest absolute Gasteiger partial charge is 0.405 e. The summed E-state index contributed by atoms with van der Waals surface area (Å²) in [5.41, 5.74) is -0.656. The van der Waals surface area contributed by atoms with E-state index in [0.29, 0.717) is 6.42 Å². The molecule has 0 radical (unpaired) electrons. The fraction of sp³-hybridized carbons (Fsp3) is 0.857. The lowest BCUT2D eigenvalue weighted by molar-refractivity contribution is -0.157. The molecule has 0 bridgehead atoms. The molecule has 0 spiro atoms. The number of halogens is 3. The Morgan fingerprint density at radius 3 is 2.14 bits per heavy atom. The Balaban J connectivity index is 4.59. The maximum absolute atomic E-state index is 12.1. The van der Waals surface area contributed by atoms with Gasteiger partial charge in [0.05, 0.1) is 13.1 Å². The zero-order valence-corrected chi connectivity index (χ0v) is 13.7. The molecule has 0 aromatic rings. The molecule has 130 valence electrons. The average Bonchev–Trinajstić information content (AvgIpc) is 2.31. The zero-order valence-electron chi connectivity index (χ0n) is 13.7. The van der Waals surface area contributed by atoms with Gasteiger partial charge < -0.3 is 10.1 Å². The first-order chi connectivity index (χ1) is 9.84. The minimum Gasteiger partial charge on any atom is -0.459 e. The number of carbonyl (C=O) groups is 2. The summed E-state index contributed by atoms with van der Waals surface area (Å²) in [7, 11) is 0. The molecule has 0 aromatic heterocycles. The highest BCUT2D eigenvalue weighted by atomic mass is 19.4. The predicted octanol–water partition coefficient (Wildman–Crippen LogP) is 2.11.